The molecule has 4 heteroatoms. The maximum atomic E-state index is 8.54. The van der Waals surface area contributed by atoms with Gasteiger partial charge in [0, 0.05) is 5.56 Å². The highest BCUT2D eigenvalue weighted by Crippen LogP contribution is 2.17. The van der Waals surface area contributed by atoms with E-state index in [1.54, 1.807) is 12.1 Å². The van der Waals surface area contributed by atoms with Crippen molar-refractivity contribution in [2.24, 2.45) is 0 Å². The van der Waals surface area contributed by atoms with Gasteiger partial charge in [0.2, 0.25) is 0 Å². The van der Waals surface area contributed by atoms with E-state index < -0.39 is 19.9 Å². The van der Waals surface area contributed by atoms with E-state index in [4.69, 9.17) is 19.7 Å². The van der Waals surface area contributed by atoms with Crippen LogP contribution in [0.15, 0.2) is 30.3 Å². The standard InChI is InChI=1S/C9H12O4/c10-6-12-9(13-7-11)8-4-2-1-3-5-8/h1-5,9-11H,6-7H2. The van der Waals surface area contributed by atoms with Crippen LogP contribution in [0.4, 0.5) is 0 Å². The number of hydrogen-bond acceptors (Lipinski definition) is 4. The van der Waals surface area contributed by atoms with E-state index in [-0.39, 0.29) is 0 Å². The summed E-state index contributed by atoms with van der Waals surface area (Å²) in [6.07, 6.45) is -0.712. The molecule has 0 heterocycles. The van der Waals surface area contributed by atoms with E-state index in [1.807, 2.05) is 18.2 Å². The van der Waals surface area contributed by atoms with Crippen LogP contribution in [-0.2, 0) is 9.47 Å². The largest absolute Gasteiger partial charge is 0.371 e. The van der Waals surface area contributed by atoms with Gasteiger partial charge in [-0.15, -0.1) is 0 Å². The average molecular weight is 184 g/mol. The molecule has 0 radical (unpaired) electrons. The molecule has 0 fully saturated rings. The molecule has 72 valence electrons. The van der Waals surface area contributed by atoms with Crippen LogP contribution in [0.25, 0.3) is 0 Å². The van der Waals surface area contributed by atoms with E-state index in [9.17, 15) is 0 Å². The van der Waals surface area contributed by atoms with Gasteiger partial charge in [0.25, 0.3) is 0 Å². The molecule has 0 unspecified atom stereocenters. The second-order valence-corrected chi connectivity index (χ2v) is 2.33. The summed E-state index contributed by atoms with van der Waals surface area (Å²) in [6, 6.07) is 9.08. The van der Waals surface area contributed by atoms with Crippen molar-refractivity contribution in [1.82, 2.24) is 0 Å². The first kappa shape index (κ1) is 10.1. The minimum atomic E-state index is -0.712. The lowest BCUT2D eigenvalue weighted by Crippen LogP contribution is -2.10. The SMILES string of the molecule is OCOC(OCO)c1ccccc1. The van der Waals surface area contributed by atoms with Crippen molar-refractivity contribution in [1.29, 1.82) is 0 Å². The minimum absolute atomic E-state index is 0.445. The number of aliphatic hydroxyl groups excluding tert-OH is 2. The van der Waals surface area contributed by atoms with Gasteiger partial charge in [0.05, 0.1) is 0 Å². The van der Waals surface area contributed by atoms with Crippen molar-refractivity contribution in [3.63, 3.8) is 0 Å². The normalized spacial score (nSPS) is 10.7. The lowest BCUT2D eigenvalue weighted by molar-refractivity contribution is -0.214. The molecule has 4 nitrogen and oxygen atoms in total. The quantitative estimate of drug-likeness (QED) is 0.658. The summed E-state index contributed by atoms with van der Waals surface area (Å²) in [5.74, 6) is 0. The number of ether oxygens (including phenoxy) is 2. The molecule has 0 amide bonds. The fourth-order valence-corrected chi connectivity index (χ4v) is 0.986. The first-order chi connectivity index (χ1) is 6.38. The molecule has 1 rings (SSSR count). The molecule has 0 spiro atoms. The zero-order chi connectivity index (χ0) is 9.52. The molecule has 0 saturated carbocycles. The van der Waals surface area contributed by atoms with Gasteiger partial charge in [0.1, 0.15) is 13.6 Å². The summed E-state index contributed by atoms with van der Waals surface area (Å²) >= 11 is 0. The summed E-state index contributed by atoms with van der Waals surface area (Å²) in [6.45, 7) is -0.890. The van der Waals surface area contributed by atoms with Gasteiger partial charge in [-0.1, -0.05) is 30.3 Å². The fourth-order valence-electron chi connectivity index (χ4n) is 0.986. The van der Waals surface area contributed by atoms with Crippen molar-refractivity contribution < 1.29 is 19.7 Å². The lowest BCUT2D eigenvalue weighted by Gasteiger charge is -2.15. The van der Waals surface area contributed by atoms with Crippen LogP contribution in [0.1, 0.15) is 11.9 Å². The number of rotatable bonds is 5. The molecular formula is C9H12O4. The molecule has 0 bridgehead atoms. The van der Waals surface area contributed by atoms with Crippen molar-refractivity contribution in [2.75, 3.05) is 13.6 Å². The lowest BCUT2D eigenvalue weighted by atomic mass is 10.2. The third kappa shape index (κ3) is 3.12. The second-order valence-electron chi connectivity index (χ2n) is 2.33. The summed E-state index contributed by atoms with van der Waals surface area (Å²) in [4.78, 5) is 0. The van der Waals surface area contributed by atoms with Crippen molar-refractivity contribution in [2.45, 2.75) is 6.29 Å². The molecule has 0 saturated heterocycles. The van der Waals surface area contributed by atoms with Crippen LogP contribution >= 0.6 is 0 Å². The van der Waals surface area contributed by atoms with E-state index in [1.165, 1.54) is 0 Å². The van der Waals surface area contributed by atoms with E-state index in [0.717, 1.165) is 5.56 Å². The summed E-state index contributed by atoms with van der Waals surface area (Å²) in [5.41, 5.74) is 0.755. The molecular weight excluding hydrogens is 172 g/mol. The summed E-state index contributed by atoms with van der Waals surface area (Å²) in [5, 5.41) is 17.1. The van der Waals surface area contributed by atoms with Gasteiger partial charge in [0.15, 0.2) is 6.29 Å². The Morgan fingerprint density at radius 1 is 1.00 bits per heavy atom. The van der Waals surface area contributed by atoms with Gasteiger partial charge >= 0.3 is 0 Å². The summed E-state index contributed by atoms with van der Waals surface area (Å²) in [7, 11) is 0. The number of hydrogen-bond donors (Lipinski definition) is 2. The Balaban J connectivity index is 2.64. The fraction of sp³-hybridized carbons (Fsp3) is 0.333. The molecule has 0 aromatic heterocycles. The van der Waals surface area contributed by atoms with Gasteiger partial charge in [-0.25, -0.2) is 0 Å². The van der Waals surface area contributed by atoms with Crippen molar-refractivity contribution >= 4 is 0 Å². The zero-order valence-electron chi connectivity index (χ0n) is 7.09. The molecule has 0 aliphatic heterocycles. The smallest absolute Gasteiger partial charge is 0.189 e. The highest BCUT2D eigenvalue weighted by Gasteiger charge is 2.10. The Kier molecular flexibility index (Phi) is 4.42. The topological polar surface area (TPSA) is 58.9 Å². The second kappa shape index (κ2) is 5.66. The molecule has 0 atom stereocenters. The number of aliphatic hydroxyl groups is 2. The molecule has 1 aromatic carbocycles. The molecule has 1 aromatic rings. The Morgan fingerprint density at radius 2 is 1.54 bits per heavy atom. The Morgan fingerprint density at radius 3 is 2.00 bits per heavy atom. The average Bonchev–Trinajstić information content (AvgIpc) is 2.19. The first-order valence-electron chi connectivity index (χ1n) is 3.88. The van der Waals surface area contributed by atoms with Crippen LogP contribution in [0.2, 0.25) is 0 Å². The van der Waals surface area contributed by atoms with Crippen LogP contribution in [0.3, 0.4) is 0 Å². The molecule has 2 N–H and O–H groups in total. The van der Waals surface area contributed by atoms with Gasteiger partial charge in [-0.05, 0) is 0 Å². The Hall–Kier alpha value is -0.940. The third-order valence-electron chi connectivity index (χ3n) is 1.52. The third-order valence-corrected chi connectivity index (χ3v) is 1.52. The maximum absolute atomic E-state index is 8.54. The molecule has 0 aliphatic carbocycles. The maximum Gasteiger partial charge on any atom is 0.189 e. The Labute approximate surface area is 76.3 Å². The Bertz CT molecular complexity index is 218. The predicted octanol–water partition coefficient (Wildman–Crippen LogP) is 0.618. The minimum Gasteiger partial charge on any atom is -0.371 e. The highest BCUT2D eigenvalue weighted by atomic mass is 16.7. The first-order valence-corrected chi connectivity index (χ1v) is 3.88. The summed E-state index contributed by atoms with van der Waals surface area (Å²) < 4.78 is 9.68. The monoisotopic (exact) mass is 184 g/mol. The highest BCUT2D eigenvalue weighted by molar-refractivity contribution is 5.15. The van der Waals surface area contributed by atoms with Crippen LogP contribution < -0.4 is 0 Å². The molecule has 0 aliphatic rings. The predicted molar refractivity (Wildman–Crippen MR) is 45.5 cm³/mol. The zero-order valence-corrected chi connectivity index (χ0v) is 7.09. The van der Waals surface area contributed by atoms with Gasteiger partial charge in [-0.3, -0.25) is 0 Å². The van der Waals surface area contributed by atoms with Gasteiger partial charge < -0.3 is 19.7 Å². The van der Waals surface area contributed by atoms with E-state index in [2.05, 4.69) is 0 Å². The van der Waals surface area contributed by atoms with Crippen molar-refractivity contribution in [3.8, 4) is 0 Å². The number of benzene rings is 1. The van der Waals surface area contributed by atoms with Crippen LogP contribution in [0, 0.1) is 0 Å². The van der Waals surface area contributed by atoms with E-state index in [0.29, 0.717) is 0 Å². The molecule has 13 heavy (non-hydrogen) atoms. The van der Waals surface area contributed by atoms with Crippen molar-refractivity contribution in [3.05, 3.63) is 35.9 Å². The van der Waals surface area contributed by atoms with Crippen LogP contribution in [-0.4, -0.2) is 23.8 Å². The van der Waals surface area contributed by atoms with Crippen LogP contribution in [0.5, 0.6) is 0 Å². The van der Waals surface area contributed by atoms with E-state index >= 15 is 0 Å². The van der Waals surface area contributed by atoms with Gasteiger partial charge in [-0.2, -0.15) is 0 Å².